The first-order valence-corrected chi connectivity index (χ1v) is 7.18. The maximum Gasteiger partial charge on any atom is 0.0876 e. The van der Waals surface area contributed by atoms with E-state index in [9.17, 15) is 0 Å². The van der Waals surface area contributed by atoms with Crippen LogP contribution in [0.1, 0.15) is 50.6 Å². The third-order valence-electron chi connectivity index (χ3n) is 4.08. The lowest BCUT2D eigenvalue weighted by Crippen LogP contribution is -2.46. The zero-order chi connectivity index (χ0) is 12.8. The molecule has 100 valence electrons. The number of hydrogen-bond donors (Lipinski definition) is 1. The van der Waals surface area contributed by atoms with E-state index < -0.39 is 0 Å². The summed E-state index contributed by atoms with van der Waals surface area (Å²) in [6.45, 7) is 2.90. The molecule has 1 saturated carbocycles. The average molecular weight is 247 g/mol. The summed E-state index contributed by atoms with van der Waals surface area (Å²) in [5.41, 5.74) is 1.33. The SMILES string of the molecule is CCOC1(C(NC)c2ccccc2)CCCCC1. The third kappa shape index (κ3) is 2.76. The molecule has 1 aliphatic carbocycles. The Balaban J connectivity index is 2.27. The minimum absolute atomic E-state index is 0.0108. The van der Waals surface area contributed by atoms with Crippen molar-refractivity contribution in [2.24, 2.45) is 0 Å². The molecule has 0 aliphatic heterocycles. The normalized spacial score (nSPS) is 20.6. The molecule has 1 unspecified atom stereocenters. The number of likely N-dealkylation sites (N-methyl/N-ethyl adjacent to an activating group) is 1. The highest BCUT2D eigenvalue weighted by atomic mass is 16.5. The van der Waals surface area contributed by atoms with Gasteiger partial charge in [-0.2, -0.15) is 0 Å². The number of nitrogens with one attached hydrogen (secondary N) is 1. The molecule has 1 fully saturated rings. The Kier molecular flexibility index (Phi) is 4.79. The molecule has 0 radical (unpaired) electrons. The molecular formula is C16H25NO. The number of rotatable bonds is 5. The quantitative estimate of drug-likeness (QED) is 0.857. The Bertz CT molecular complexity index is 338. The molecule has 0 spiro atoms. The fourth-order valence-corrected chi connectivity index (χ4v) is 3.33. The summed E-state index contributed by atoms with van der Waals surface area (Å²) in [5, 5.41) is 3.49. The number of benzene rings is 1. The van der Waals surface area contributed by atoms with Gasteiger partial charge < -0.3 is 10.1 Å². The molecule has 2 nitrogen and oxygen atoms in total. The van der Waals surface area contributed by atoms with Gasteiger partial charge in [-0.05, 0) is 32.4 Å². The molecule has 0 heterocycles. The highest BCUT2D eigenvalue weighted by molar-refractivity contribution is 5.22. The maximum absolute atomic E-state index is 6.22. The maximum atomic E-state index is 6.22. The van der Waals surface area contributed by atoms with Crippen molar-refractivity contribution in [3.05, 3.63) is 35.9 Å². The summed E-state index contributed by atoms with van der Waals surface area (Å²) >= 11 is 0. The van der Waals surface area contributed by atoms with Crippen LogP contribution in [0.15, 0.2) is 30.3 Å². The second kappa shape index (κ2) is 6.35. The molecule has 1 N–H and O–H groups in total. The smallest absolute Gasteiger partial charge is 0.0876 e. The van der Waals surface area contributed by atoms with Crippen LogP contribution in [0.5, 0.6) is 0 Å². The number of ether oxygens (including phenoxy) is 1. The zero-order valence-electron chi connectivity index (χ0n) is 11.6. The van der Waals surface area contributed by atoms with Gasteiger partial charge in [-0.15, -0.1) is 0 Å². The van der Waals surface area contributed by atoms with E-state index in [-0.39, 0.29) is 5.60 Å². The van der Waals surface area contributed by atoms with Crippen LogP contribution in [0.4, 0.5) is 0 Å². The Morgan fingerprint density at radius 2 is 1.83 bits per heavy atom. The predicted molar refractivity (Wildman–Crippen MR) is 75.7 cm³/mol. The molecule has 0 saturated heterocycles. The standard InChI is InChI=1S/C16H25NO/c1-3-18-16(12-8-5-9-13-16)15(17-2)14-10-6-4-7-11-14/h4,6-7,10-11,15,17H,3,5,8-9,12-13H2,1-2H3. The molecule has 0 bridgehead atoms. The van der Waals surface area contributed by atoms with Gasteiger partial charge in [0, 0.05) is 6.61 Å². The van der Waals surface area contributed by atoms with Crippen LogP contribution in [0, 0.1) is 0 Å². The van der Waals surface area contributed by atoms with Crippen LogP contribution in [0.25, 0.3) is 0 Å². The van der Waals surface area contributed by atoms with Crippen molar-refractivity contribution in [2.75, 3.05) is 13.7 Å². The Labute approximate surface area is 111 Å². The largest absolute Gasteiger partial charge is 0.373 e. The van der Waals surface area contributed by atoms with Crippen molar-refractivity contribution >= 4 is 0 Å². The summed E-state index contributed by atoms with van der Waals surface area (Å²) in [5.74, 6) is 0. The fourth-order valence-electron chi connectivity index (χ4n) is 3.33. The van der Waals surface area contributed by atoms with Gasteiger partial charge in [0.2, 0.25) is 0 Å². The molecule has 2 rings (SSSR count). The van der Waals surface area contributed by atoms with E-state index in [2.05, 4.69) is 42.6 Å². The molecule has 1 atom stereocenters. The Hall–Kier alpha value is -0.860. The second-order valence-corrected chi connectivity index (χ2v) is 5.19. The van der Waals surface area contributed by atoms with Crippen molar-refractivity contribution in [2.45, 2.75) is 50.7 Å². The van der Waals surface area contributed by atoms with Crippen LogP contribution in [-0.4, -0.2) is 19.3 Å². The summed E-state index contributed by atoms with van der Waals surface area (Å²) in [6, 6.07) is 11.0. The van der Waals surface area contributed by atoms with E-state index in [0.29, 0.717) is 6.04 Å². The van der Waals surface area contributed by atoms with E-state index in [1.807, 2.05) is 7.05 Å². The summed E-state index contributed by atoms with van der Waals surface area (Å²) in [6.07, 6.45) is 6.25. The summed E-state index contributed by atoms with van der Waals surface area (Å²) in [7, 11) is 2.05. The van der Waals surface area contributed by atoms with Crippen molar-refractivity contribution in [1.82, 2.24) is 5.32 Å². The minimum atomic E-state index is -0.0108. The molecule has 0 amide bonds. The van der Waals surface area contributed by atoms with Gasteiger partial charge in [-0.25, -0.2) is 0 Å². The molecule has 0 aromatic heterocycles. The van der Waals surface area contributed by atoms with E-state index in [1.165, 1.54) is 37.7 Å². The predicted octanol–water partition coefficient (Wildman–Crippen LogP) is 3.69. The lowest BCUT2D eigenvalue weighted by Gasteiger charge is -2.43. The third-order valence-corrected chi connectivity index (χ3v) is 4.08. The summed E-state index contributed by atoms with van der Waals surface area (Å²) < 4.78 is 6.22. The highest BCUT2D eigenvalue weighted by Gasteiger charge is 2.40. The average Bonchev–Trinajstić information content (AvgIpc) is 2.42. The van der Waals surface area contributed by atoms with Gasteiger partial charge in [0.05, 0.1) is 11.6 Å². The first-order chi connectivity index (χ1) is 8.82. The van der Waals surface area contributed by atoms with Gasteiger partial charge in [-0.1, -0.05) is 49.6 Å². The number of hydrogen-bond acceptors (Lipinski definition) is 2. The molecule has 18 heavy (non-hydrogen) atoms. The van der Waals surface area contributed by atoms with Gasteiger partial charge in [0.25, 0.3) is 0 Å². The summed E-state index contributed by atoms with van der Waals surface area (Å²) in [4.78, 5) is 0. The van der Waals surface area contributed by atoms with E-state index in [1.54, 1.807) is 0 Å². The van der Waals surface area contributed by atoms with Crippen molar-refractivity contribution in [1.29, 1.82) is 0 Å². The second-order valence-electron chi connectivity index (χ2n) is 5.19. The molecule has 1 aromatic rings. The highest BCUT2D eigenvalue weighted by Crippen LogP contribution is 2.41. The molecule has 1 aromatic carbocycles. The van der Waals surface area contributed by atoms with E-state index >= 15 is 0 Å². The lowest BCUT2D eigenvalue weighted by molar-refractivity contribution is -0.0898. The first kappa shape index (κ1) is 13.6. The molecule has 1 aliphatic rings. The van der Waals surface area contributed by atoms with Crippen LogP contribution in [0.2, 0.25) is 0 Å². The molecule has 2 heteroatoms. The Morgan fingerprint density at radius 1 is 1.17 bits per heavy atom. The van der Waals surface area contributed by atoms with E-state index in [4.69, 9.17) is 4.74 Å². The first-order valence-electron chi connectivity index (χ1n) is 7.18. The topological polar surface area (TPSA) is 21.3 Å². The van der Waals surface area contributed by atoms with Crippen LogP contribution in [-0.2, 0) is 4.74 Å². The van der Waals surface area contributed by atoms with Gasteiger partial charge >= 0.3 is 0 Å². The van der Waals surface area contributed by atoms with E-state index in [0.717, 1.165) is 6.61 Å². The van der Waals surface area contributed by atoms with Gasteiger partial charge in [-0.3, -0.25) is 0 Å². The van der Waals surface area contributed by atoms with Crippen molar-refractivity contribution in [3.63, 3.8) is 0 Å². The van der Waals surface area contributed by atoms with Gasteiger partial charge in [0.15, 0.2) is 0 Å². The van der Waals surface area contributed by atoms with Crippen LogP contribution >= 0.6 is 0 Å². The van der Waals surface area contributed by atoms with Crippen LogP contribution < -0.4 is 5.32 Å². The van der Waals surface area contributed by atoms with Crippen molar-refractivity contribution < 1.29 is 4.74 Å². The minimum Gasteiger partial charge on any atom is -0.373 e. The van der Waals surface area contributed by atoms with Crippen LogP contribution in [0.3, 0.4) is 0 Å². The fraction of sp³-hybridized carbons (Fsp3) is 0.625. The lowest BCUT2D eigenvalue weighted by atomic mass is 9.76. The molecular weight excluding hydrogens is 222 g/mol. The zero-order valence-corrected chi connectivity index (χ0v) is 11.6. The Morgan fingerprint density at radius 3 is 2.39 bits per heavy atom. The monoisotopic (exact) mass is 247 g/mol. The van der Waals surface area contributed by atoms with Crippen molar-refractivity contribution in [3.8, 4) is 0 Å². The van der Waals surface area contributed by atoms with Gasteiger partial charge in [0.1, 0.15) is 0 Å².